The number of aromatic nitrogens is 2. The molecule has 0 radical (unpaired) electrons. The van der Waals surface area contributed by atoms with Gasteiger partial charge in [0, 0.05) is 37.9 Å². The second-order valence-corrected chi connectivity index (χ2v) is 7.14. The van der Waals surface area contributed by atoms with E-state index < -0.39 is 5.24 Å². The first-order chi connectivity index (χ1) is 12.9. The largest absolute Gasteiger partial charge is 0.495 e. The van der Waals surface area contributed by atoms with Crippen molar-refractivity contribution >= 4 is 45.7 Å². The first-order valence-corrected chi connectivity index (χ1v) is 9.43. The van der Waals surface area contributed by atoms with Crippen LogP contribution < -0.4 is 9.64 Å². The Hall–Kier alpha value is -1.51. The van der Waals surface area contributed by atoms with Gasteiger partial charge < -0.3 is 9.64 Å². The summed E-state index contributed by atoms with van der Waals surface area (Å²) < 4.78 is 6.80. The highest BCUT2D eigenvalue weighted by Crippen LogP contribution is 2.30. The topological polar surface area (TPSA) is 59.8 Å². The summed E-state index contributed by atoms with van der Waals surface area (Å²) in [7, 11) is 1.60. The molecule has 0 amide bonds. The molecule has 0 spiro atoms. The van der Waals surface area contributed by atoms with E-state index in [9.17, 15) is 4.79 Å². The maximum absolute atomic E-state index is 11.3. The van der Waals surface area contributed by atoms with E-state index in [1.54, 1.807) is 14.0 Å². The lowest BCUT2D eigenvalue weighted by Crippen LogP contribution is -2.46. The van der Waals surface area contributed by atoms with Crippen LogP contribution in [0.15, 0.2) is 18.2 Å². The predicted molar refractivity (Wildman–Crippen MR) is 105 cm³/mol. The minimum Gasteiger partial charge on any atom is -0.495 e. The molecule has 0 aliphatic carbocycles. The third-order valence-corrected chi connectivity index (χ3v) is 5.36. The van der Waals surface area contributed by atoms with Crippen LogP contribution >= 0.6 is 34.8 Å². The van der Waals surface area contributed by atoms with Crippen molar-refractivity contribution < 1.29 is 14.4 Å². The van der Waals surface area contributed by atoms with E-state index in [1.807, 2.05) is 23.3 Å². The number of halogens is 3. The fourth-order valence-corrected chi connectivity index (χ4v) is 3.43. The number of nitrogens with zero attached hydrogens (tertiary/aromatic N) is 4. The number of hydrogen-bond acceptors (Lipinski definition) is 6. The molecule has 0 bridgehead atoms. The predicted octanol–water partition coefficient (Wildman–Crippen LogP) is 3.60. The first kappa shape index (κ1) is 20.2. The van der Waals surface area contributed by atoms with Crippen LogP contribution in [0, 0.1) is 6.92 Å². The second kappa shape index (κ2) is 8.67. The molecule has 1 fully saturated rings. The van der Waals surface area contributed by atoms with Crippen molar-refractivity contribution in [1.82, 2.24) is 14.8 Å². The number of ether oxygens (including phenoxy) is 1. The molecule has 7 nitrogen and oxygen atoms in total. The average Bonchev–Trinajstić information content (AvgIpc) is 2.96. The molecule has 0 N–H and O–H groups in total. The maximum atomic E-state index is 11.3. The van der Waals surface area contributed by atoms with Crippen LogP contribution in [0.3, 0.4) is 0 Å². The maximum Gasteiger partial charge on any atom is 0.274 e. The number of carbonyl (C=O) groups excluding carboxylic acids is 1. The van der Waals surface area contributed by atoms with Gasteiger partial charge in [-0.15, -0.1) is 0 Å². The van der Waals surface area contributed by atoms with Crippen LogP contribution in [0.1, 0.15) is 16.2 Å². The van der Waals surface area contributed by atoms with E-state index in [1.165, 1.54) is 4.68 Å². The molecule has 1 aromatic carbocycles. The van der Waals surface area contributed by atoms with Gasteiger partial charge in [-0.1, -0.05) is 23.2 Å². The molecule has 0 saturated carbocycles. The Kier molecular flexibility index (Phi) is 6.49. The van der Waals surface area contributed by atoms with E-state index in [2.05, 4.69) is 10.00 Å². The SMILES string of the molecule is COc1cc(N2CCN(OCn3nc(C(=O)Cl)c(Cl)c3C)CC2)ccc1Cl. The number of piperazine rings is 1. The molecule has 146 valence electrons. The quantitative estimate of drug-likeness (QED) is 0.649. The number of methoxy groups -OCH3 is 1. The minimum atomic E-state index is -0.686. The Morgan fingerprint density at radius 3 is 2.52 bits per heavy atom. The summed E-state index contributed by atoms with van der Waals surface area (Å²) in [6.45, 7) is 4.91. The smallest absolute Gasteiger partial charge is 0.274 e. The van der Waals surface area contributed by atoms with Gasteiger partial charge in [0.05, 0.1) is 22.8 Å². The Morgan fingerprint density at radius 2 is 1.93 bits per heavy atom. The number of rotatable bonds is 6. The normalized spacial score (nSPS) is 15.2. The van der Waals surface area contributed by atoms with Crippen LogP contribution in [0.4, 0.5) is 5.69 Å². The Labute approximate surface area is 172 Å². The number of benzene rings is 1. The number of hydroxylamine groups is 2. The number of carbonyl (C=O) groups is 1. The zero-order valence-corrected chi connectivity index (χ0v) is 17.2. The molecule has 3 rings (SSSR count). The van der Waals surface area contributed by atoms with Gasteiger partial charge in [-0.05, 0) is 30.7 Å². The van der Waals surface area contributed by atoms with E-state index >= 15 is 0 Å². The van der Waals surface area contributed by atoms with Crippen LogP contribution in [0.2, 0.25) is 10.0 Å². The number of hydrogen-bond donors (Lipinski definition) is 0. The molecular weight excluding hydrogens is 415 g/mol. The van der Waals surface area contributed by atoms with Crippen molar-refractivity contribution in [2.75, 3.05) is 38.2 Å². The Balaban J connectivity index is 1.56. The summed E-state index contributed by atoms with van der Waals surface area (Å²) >= 11 is 17.6. The summed E-state index contributed by atoms with van der Waals surface area (Å²) in [4.78, 5) is 19.3. The minimum absolute atomic E-state index is 0.0425. The highest BCUT2D eigenvalue weighted by molar-refractivity contribution is 6.68. The second-order valence-electron chi connectivity index (χ2n) is 6.01. The molecule has 1 saturated heterocycles. The number of anilines is 1. The average molecular weight is 434 g/mol. The van der Waals surface area contributed by atoms with Crippen molar-refractivity contribution in [3.63, 3.8) is 0 Å². The summed E-state index contributed by atoms with van der Waals surface area (Å²) in [5.74, 6) is 0.656. The molecule has 2 aromatic rings. The molecule has 1 aromatic heterocycles. The summed E-state index contributed by atoms with van der Waals surface area (Å²) in [6, 6.07) is 5.73. The fourth-order valence-electron chi connectivity index (χ4n) is 2.83. The van der Waals surface area contributed by atoms with Gasteiger partial charge in [0.25, 0.3) is 5.24 Å². The standard InChI is InChI=1S/C17H19Cl3N4O3/c1-11-15(19)16(17(20)25)21-24(11)10-27-23-7-5-22(6-8-23)12-3-4-13(18)14(9-12)26-2/h3-4,9H,5-8,10H2,1-2H3. The monoisotopic (exact) mass is 432 g/mol. The Bertz CT molecular complexity index is 835. The zero-order chi connectivity index (χ0) is 19.6. The van der Waals surface area contributed by atoms with E-state index in [4.69, 9.17) is 44.4 Å². The van der Waals surface area contributed by atoms with Gasteiger partial charge in [0.2, 0.25) is 0 Å². The van der Waals surface area contributed by atoms with Gasteiger partial charge in [-0.25, -0.2) is 4.68 Å². The third kappa shape index (κ3) is 4.50. The summed E-state index contributed by atoms with van der Waals surface area (Å²) in [6.07, 6.45) is 0. The first-order valence-electron chi connectivity index (χ1n) is 8.29. The summed E-state index contributed by atoms with van der Waals surface area (Å²) in [5.41, 5.74) is 1.73. The lowest BCUT2D eigenvalue weighted by Gasteiger charge is -2.35. The van der Waals surface area contributed by atoms with E-state index in [0.717, 1.165) is 18.8 Å². The van der Waals surface area contributed by atoms with Gasteiger partial charge in [-0.3, -0.25) is 9.63 Å². The van der Waals surface area contributed by atoms with Gasteiger partial charge in [0.15, 0.2) is 12.4 Å². The molecule has 2 heterocycles. The molecule has 27 heavy (non-hydrogen) atoms. The summed E-state index contributed by atoms with van der Waals surface area (Å²) in [5, 5.41) is 6.11. The molecular formula is C17H19Cl3N4O3. The van der Waals surface area contributed by atoms with Gasteiger partial charge in [0.1, 0.15) is 5.75 Å². The van der Waals surface area contributed by atoms with E-state index in [-0.39, 0.29) is 17.4 Å². The van der Waals surface area contributed by atoms with E-state index in [0.29, 0.717) is 29.6 Å². The molecule has 1 aliphatic heterocycles. The van der Waals surface area contributed by atoms with Gasteiger partial charge >= 0.3 is 0 Å². The fraction of sp³-hybridized carbons (Fsp3) is 0.412. The highest BCUT2D eigenvalue weighted by Gasteiger charge is 2.21. The van der Waals surface area contributed by atoms with Crippen LogP contribution in [-0.4, -0.2) is 53.4 Å². The lowest BCUT2D eigenvalue weighted by atomic mass is 10.2. The molecule has 10 heteroatoms. The molecule has 1 aliphatic rings. The van der Waals surface area contributed by atoms with Crippen molar-refractivity contribution in [2.45, 2.75) is 13.7 Å². The highest BCUT2D eigenvalue weighted by atomic mass is 35.5. The van der Waals surface area contributed by atoms with Crippen molar-refractivity contribution in [2.24, 2.45) is 0 Å². The van der Waals surface area contributed by atoms with Crippen LogP contribution in [-0.2, 0) is 11.6 Å². The molecule has 0 atom stereocenters. The van der Waals surface area contributed by atoms with Crippen molar-refractivity contribution in [3.05, 3.63) is 39.6 Å². The molecule has 0 unspecified atom stereocenters. The van der Waals surface area contributed by atoms with Gasteiger partial charge in [-0.2, -0.15) is 10.2 Å². The zero-order valence-electron chi connectivity index (χ0n) is 14.9. The third-order valence-electron chi connectivity index (χ3n) is 4.42. The van der Waals surface area contributed by atoms with Crippen LogP contribution in [0.5, 0.6) is 5.75 Å². The Morgan fingerprint density at radius 1 is 1.22 bits per heavy atom. The van der Waals surface area contributed by atoms with Crippen LogP contribution in [0.25, 0.3) is 0 Å². The van der Waals surface area contributed by atoms with Crippen molar-refractivity contribution in [3.8, 4) is 5.75 Å². The lowest BCUT2D eigenvalue weighted by molar-refractivity contribution is -0.192. The van der Waals surface area contributed by atoms with Crippen molar-refractivity contribution in [1.29, 1.82) is 0 Å².